The second-order valence-corrected chi connectivity index (χ2v) is 5.97. The van der Waals surface area contributed by atoms with Crippen LogP contribution in [-0.2, 0) is 0 Å². The van der Waals surface area contributed by atoms with Gasteiger partial charge in [-0.15, -0.1) is 0 Å². The molecule has 0 atom stereocenters. The van der Waals surface area contributed by atoms with Crippen LogP contribution >= 0.6 is 11.6 Å². The number of amides is 1. The lowest BCUT2D eigenvalue weighted by Crippen LogP contribution is -2.37. The van der Waals surface area contributed by atoms with Crippen LogP contribution in [0.1, 0.15) is 38.2 Å². The van der Waals surface area contributed by atoms with E-state index in [1.165, 1.54) is 0 Å². The summed E-state index contributed by atoms with van der Waals surface area (Å²) in [5.74, 6) is 0.937. The van der Waals surface area contributed by atoms with Gasteiger partial charge in [0.1, 0.15) is 11.5 Å². The summed E-state index contributed by atoms with van der Waals surface area (Å²) >= 11 is 6.04. The minimum atomic E-state index is -0.153. The van der Waals surface area contributed by atoms with Gasteiger partial charge in [0.25, 0.3) is 5.91 Å². The van der Waals surface area contributed by atoms with E-state index in [2.05, 4.69) is 32.7 Å². The maximum atomic E-state index is 12.5. The molecule has 1 aromatic rings. The number of carbonyl (C=O) groups excluding carboxylic acids is 1. The van der Waals surface area contributed by atoms with Gasteiger partial charge in [0.05, 0.1) is 5.02 Å². The molecule has 106 valence electrons. The molecule has 1 heterocycles. The first-order chi connectivity index (χ1) is 8.81. The number of anilines is 1. The van der Waals surface area contributed by atoms with E-state index >= 15 is 0 Å². The Balaban J connectivity index is 3.00. The summed E-state index contributed by atoms with van der Waals surface area (Å²) in [6.07, 6.45) is 0. The molecule has 0 unspecified atom stereocenters. The van der Waals surface area contributed by atoms with Crippen molar-refractivity contribution in [3.63, 3.8) is 0 Å². The van der Waals surface area contributed by atoms with Gasteiger partial charge in [0, 0.05) is 13.1 Å². The SMILES string of the molecule is CC(C)CN(CC(C)C)C(=O)c1nc(N)ccc1Cl. The molecule has 0 radical (unpaired) electrons. The van der Waals surface area contributed by atoms with Gasteiger partial charge < -0.3 is 10.6 Å². The summed E-state index contributed by atoms with van der Waals surface area (Å²) in [6.45, 7) is 9.68. The van der Waals surface area contributed by atoms with E-state index < -0.39 is 0 Å². The van der Waals surface area contributed by atoms with Crippen LogP contribution in [0.15, 0.2) is 12.1 Å². The van der Waals surface area contributed by atoms with E-state index in [-0.39, 0.29) is 11.6 Å². The summed E-state index contributed by atoms with van der Waals surface area (Å²) in [5.41, 5.74) is 5.87. The highest BCUT2D eigenvalue weighted by atomic mass is 35.5. The van der Waals surface area contributed by atoms with Gasteiger partial charge >= 0.3 is 0 Å². The third-order valence-electron chi connectivity index (χ3n) is 2.53. The summed E-state index contributed by atoms with van der Waals surface area (Å²) in [5, 5.41) is 0.344. The van der Waals surface area contributed by atoms with Crippen molar-refractivity contribution in [2.24, 2.45) is 11.8 Å². The fourth-order valence-electron chi connectivity index (χ4n) is 1.88. The lowest BCUT2D eigenvalue weighted by molar-refractivity contribution is 0.0709. The van der Waals surface area contributed by atoms with Gasteiger partial charge in [0.2, 0.25) is 0 Å². The van der Waals surface area contributed by atoms with Crippen LogP contribution in [0.25, 0.3) is 0 Å². The van der Waals surface area contributed by atoms with Crippen LogP contribution in [0.5, 0.6) is 0 Å². The van der Waals surface area contributed by atoms with E-state index in [4.69, 9.17) is 17.3 Å². The van der Waals surface area contributed by atoms with Gasteiger partial charge in [-0.3, -0.25) is 4.79 Å². The van der Waals surface area contributed by atoms with Gasteiger partial charge in [-0.1, -0.05) is 39.3 Å². The van der Waals surface area contributed by atoms with E-state index in [0.717, 1.165) is 0 Å². The zero-order valence-electron chi connectivity index (χ0n) is 12.0. The number of hydrogen-bond donors (Lipinski definition) is 1. The summed E-state index contributed by atoms with van der Waals surface area (Å²) in [7, 11) is 0. The lowest BCUT2D eigenvalue weighted by atomic mass is 10.1. The van der Waals surface area contributed by atoms with Crippen molar-refractivity contribution >= 4 is 23.3 Å². The summed E-state index contributed by atoms with van der Waals surface area (Å²) in [4.78, 5) is 18.4. The quantitative estimate of drug-likeness (QED) is 0.903. The number of hydrogen-bond acceptors (Lipinski definition) is 3. The monoisotopic (exact) mass is 283 g/mol. The topological polar surface area (TPSA) is 59.2 Å². The molecule has 4 nitrogen and oxygen atoms in total. The van der Waals surface area contributed by atoms with Crippen molar-refractivity contribution in [3.05, 3.63) is 22.8 Å². The zero-order valence-corrected chi connectivity index (χ0v) is 12.7. The van der Waals surface area contributed by atoms with Crippen LogP contribution in [0.2, 0.25) is 5.02 Å². The number of halogens is 1. The Kier molecular flexibility index (Phi) is 5.60. The van der Waals surface area contributed by atoms with Crippen LogP contribution in [0.3, 0.4) is 0 Å². The third kappa shape index (κ3) is 4.71. The fourth-order valence-corrected chi connectivity index (χ4v) is 2.06. The average molecular weight is 284 g/mol. The zero-order chi connectivity index (χ0) is 14.6. The Morgan fingerprint density at radius 1 is 1.26 bits per heavy atom. The van der Waals surface area contributed by atoms with Crippen molar-refractivity contribution < 1.29 is 4.79 Å². The Morgan fingerprint density at radius 3 is 2.26 bits per heavy atom. The van der Waals surface area contributed by atoms with Crippen LogP contribution in [0, 0.1) is 11.8 Å². The van der Waals surface area contributed by atoms with Crippen molar-refractivity contribution in [1.29, 1.82) is 0 Å². The fraction of sp³-hybridized carbons (Fsp3) is 0.571. The van der Waals surface area contributed by atoms with Gasteiger partial charge in [-0.25, -0.2) is 4.98 Å². The number of pyridine rings is 1. The van der Waals surface area contributed by atoms with Crippen molar-refractivity contribution in [2.75, 3.05) is 18.8 Å². The smallest absolute Gasteiger partial charge is 0.274 e. The molecule has 1 rings (SSSR count). The van der Waals surface area contributed by atoms with Crippen molar-refractivity contribution in [1.82, 2.24) is 9.88 Å². The van der Waals surface area contributed by atoms with Crippen LogP contribution in [0.4, 0.5) is 5.82 Å². The van der Waals surface area contributed by atoms with Crippen LogP contribution in [-0.4, -0.2) is 28.9 Å². The Labute approximate surface area is 120 Å². The number of nitrogens with zero attached hydrogens (tertiary/aromatic N) is 2. The molecule has 1 aromatic heterocycles. The minimum absolute atomic E-state index is 0.153. The second-order valence-electron chi connectivity index (χ2n) is 5.56. The molecule has 0 aliphatic rings. The highest BCUT2D eigenvalue weighted by molar-refractivity contribution is 6.33. The van der Waals surface area contributed by atoms with E-state index in [1.54, 1.807) is 17.0 Å². The molecular formula is C14H22ClN3O. The molecule has 0 bridgehead atoms. The predicted octanol–water partition coefficient (Wildman–Crippen LogP) is 3.07. The maximum Gasteiger partial charge on any atom is 0.274 e. The highest BCUT2D eigenvalue weighted by Crippen LogP contribution is 2.18. The molecule has 0 aliphatic heterocycles. The van der Waals surface area contributed by atoms with Gasteiger partial charge in [0.15, 0.2) is 0 Å². The largest absolute Gasteiger partial charge is 0.384 e. The van der Waals surface area contributed by atoms with E-state index in [0.29, 0.717) is 35.8 Å². The third-order valence-corrected chi connectivity index (χ3v) is 2.83. The molecular weight excluding hydrogens is 262 g/mol. The Hall–Kier alpha value is -1.29. The molecule has 0 aliphatic carbocycles. The van der Waals surface area contributed by atoms with Gasteiger partial charge in [-0.05, 0) is 24.0 Å². The lowest BCUT2D eigenvalue weighted by Gasteiger charge is -2.26. The van der Waals surface area contributed by atoms with E-state index in [1.807, 2.05) is 0 Å². The number of aromatic nitrogens is 1. The molecule has 5 heteroatoms. The molecule has 1 amide bonds. The molecule has 0 fully saturated rings. The van der Waals surface area contributed by atoms with Crippen molar-refractivity contribution in [3.8, 4) is 0 Å². The van der Waals surface area contributed by atoms with Gasteiger partial charge in [-0.2, -0.15) is 0 Å². The molecule has 0 saturated heterocycles. The number of carbonyl (C=O) groups is 1. The standard InChI is InChI=1S/C14H22ClN3O/c1-9(2)7-18(8-10(3)4)14(19)13-11(15)5-6-12(16)17-13/h5-6,9-10H,7-8H2,1-4H3,(H2,16,17). The number of nitrogen functional groups attached to an aromatic ring is 1. The number of nitrogens with two attached hydrogens (primary N) is 1. The molecule has 0 saturated carbocycles. The average Bonchev–Trinajstić information content (AvgIpc) is 2.29. The van der Waals surface area contributed by atoms with Crippen molar-refractivity contribution in [2.45, 2.75) is 27.7 Å². The normalized spacial score (nSPS) is 11.1. The number of rotatable bonds is 5. The minimum Gasteiger partial charge on any atom is -0.384 e. The predicted molar refractivity (Wildman–Crippen MR) is 79.2 cm³/mol. The highest BCUT2D eigenvalue weighted by Gasteiger charge is 2.21. The first-order valence-electron chi connectivity index (χ1n) is 6.52. The molecule has 19 heavy (non-hydrogen) atoms. The first-order valence-corrected chi connectivity index (χ1v) is 6.90. The molecule has 2 N–H and O–H groups in total. The van der Waals surface area contributed by atoms with E-state index in [9.17, 15) is 4.79 Å². The summed E-state index contributed by atoms with van der Waals surface area (Å²) < 4.78 is 0. The van der Waals surface area contributed by atoms with Crippen LogP contribution < -0.4 is 5.73 Å². The summed E-state index contributed by atoms with van der Waals surface area (Å²) in [6, 6.07) is 3.20. The molecule has 0 spiro atoms. The first kappa shape index (κ1) is 15.8. The Morgan fingerprint density at radius 2 is 1.79 bits per heavy atom. The second kappa shape index (κ2) is 6.75. The Bertz CT molecular complexity index is 436. The maximum absolute atomic E-state index is 12.5. The molecule has 0 aromatic carbocycles.